The van der Waals surface area contributed by atoms with Gasteiger partial charge in [0.1, 0.15) is 24.5 Å². The molecular weight excluding hydrogens is 442 g/mol. The Morgan fingerprint density at radius 2 is 1.97 bits per heavy atom. The Kier molecular flexibility index (Phi) is 7.70. The minimum atomic E-state index is -0.646. The second-order valence-corrected chi connectivity index (χ2v) is 9.15. The van der Waals surface area contributed by atoms with Gasteiger partial charge in [0.2, 0.25) is 0 Å². The third kappa shape index (κ3) is 6.01. The lowest BCUT2D eigenvalue weighted by Crippen LogP contribution is -2.35. The molecule has 0 bridgehead atoms. The fourth-order valence-electron chi connectivity index (χ4n) is 4.29. The van der Waals surface area contributed by atoms with Crippen molar-refractivity contribution >= 4 is 39.7 Å². The number of piperidine rings is 1. The number of hydrogen-bond acceptors (Lipinski definition) is 6. The van der Waals surface area contributed by atoms with Gasteiger partial charge in [0.25, 0.3) is 5.91 Å². The van der Waals surface area contributed by atoms with Crippen molar-refractivity contribution in [3.63, 3.8) is 0 Å². The fraction of sp³-hybridized carbons (Fsp3) is 0.370. The maximum atomic E-state index is 13.2. The number of pyridine rings is 1. The van der Waals surface area contributed by atoms with Crippen molar-refractivity contribution in [1.29, 1.82) is 0 Å². The van der Waals surface area contributed by atoms with Crippen LogP contribution < -0.4 is 20.7 Å². The van der Waals surface area contributed by atoms with E-state index in [2.05, 4.69) is 34.2 Å². The quantitative estimate of drug-likeness (QED) is 0.434. The number of anilines is 3. The van der Waals surface area contributed by atoms with Crippen molar-refractivity contribution in [2.45, 2.75) is 45.6 Å². The van der Waals surface area contributed by atoms with Crippen molar-refractivity contribution in [1.82, 2.24) is 4.98 Å². The van der Waals surface area contributed by atoms with Gasteiger partial charge >= 0.3 is 0 Å². The van der Waals surface area contributed by atoms with Crippen LogP contribution in [-0.4, -0.2) is 36.5 Å². The van der Waals surface area contributed by atoms with Crippen molar-refractivity contribution in [2.24, 2.45) is 11.1 Å². The molecule has 35 heavy (non-hydrogen) atoms. The van der Waals surface area contributed by atoms with Gasteiger partial charge in [-0.15, -0.1) is 0 Å². The van der Waals surface area contributed by atoms with E-state index in [1.807, 2.05) is 48.5 Å². The molecule has 8 nitrogen and oxygen atoms in total. The lowest BCUT2D eigenvalue weighted by molar-refractivity contribution is -0.123. The van der Waals surface area contributed by atoms with Crippen LogP contribution in [0.15, 0.2) is 59.9 Å². The highest BCUT2D eigenvalue weighted by Crippen LogP contribution is 2.27. The Balaban J connectivity index is 1.47. The van der Waals surface area contributed by atoms with Gasteiger partial charge in [-0.1, -0.05) is 25.1 Å². The van der Waals surface area contributed by atoms with Crippen LogP contribution in [-0.2, 0) is 9.63 Å². The van der Waals surface area contributed by atoms with Crippen LogP contribution in [0.3, 0.4) is 0 Å². The molecule has 1 amide bonds. The van der Waals surface area contributed by atoms with Crippen LogP contribution in [0.5, 0.6) is 5.75 Å². The number of nitrogens with zero attached hydrogens (tertiary/aromatic N) is 3. The zero-order chi connectivity index (χ0) is 24.8. The number of ether oxygens (including phenoxy) is 1. The number of hydrogen-bond donors (Lipinski definition) is 2. The summed E-state index contributed by atoms with van der Waals surface area (Å²) < 4.78 is 6.15. The first kappa shape index (κ1) is 24.3. The molecule has 184 valence electrons. The fourth-order valence-corrected chi connectivity index (χ4v) is 4.29. The smallest absolute Gasteiger partial charge is 0.265 e. The predicted molar refractivity (Wildman–Crippen MR) is 141 cm³/mol. The Bertz CT molecular complexity index is 1190. The minimum Gasteiger partial charge on any atom is -0.481 e. The molecule has 4 rings (SSSR count). The Morgan fingerprint density at radius 3 is 2.71 bits per heavy atom. The number of amides is 1. The molecule has 1 saturated heterocycles. The van der Waals surface area contributed by atoms with Crippen LogP contribution in [0.4, 0.5) is 17.2 Å². The number of carbonyl (C=O) groups is 1. The number of carbonyl (C=O) groups excluding carboxylic acids is 1. The van der Waals surface area contributed by atoms with E-state index >= 15 is 0 Å². The molecule has 8 heteroatoms. The van der Waals surface area contributed by atoms with Crippen LogP contribution in [0, 0.1) is 5.92 Å². The molecule has 1 aromatic heterocycles. The molecule has 2 heterocycles. The molecule has 1 fully saturated rings. The van der Waals surface area contributed by atoms with E-state index in [-0.39, 0.29) is 11.8 Å². The number of oxime groups is 1. The number of rotatable bonds is 8. The molecule has 0 radical (unpaired) electrons. The van der Waals surface area contributed by atoms with E-state index in [9.17, 15) is 4.79 Å². The first-order valence-corrected chi connectivity index (χ1v) is 12.0. The molecular formula is C27H33N5O3. The molecule has 1 aliphatic heterocycles. The maximum Gasteiger partial charge on any atom is 0.265 e. The summed E-state index contributed by atoms with van der Waals surface area (Å²) in [4.78, 5) is 24.5. The van der Waals surface area contributed by atoms with E-state index in [1.165, 1.54) is 0 Å². The Hall–Kier alpha value is -3.81. The number of amidine groups is 1. The number of benzene rings is 2. The summed E-state index contributed by atoms with van der Waals surface area (Å²) in [6, 6.07) is 15.3. The number of nitrogen functional groups attached to an aromatic ring is 1. The number of nitrogens with one attached hydrogen (secondary N) is 1. The van der Waals surface area contributed by atoms with Crippen molar-refractivity contribution in [2.75, 3.05) is 29.6 Å². The second-order valence-electron chi connectivity index (χ2n) is 9.15. The first-order valence-electron chi connectivity index (χ1n) is 12.0. The van der Waals surface area contributed by atoms with Gasteiger partial charge in [0.05, 0.1) is 0 Å². The molecule has 2 aromatic carbocycles. The van der Waals surface area contributed by atoms with Crippen LogP contribution in [0.1, 0.15) is 39.5 Å². The average molecular weight is 476 g/mol. The van der Waals surface area contributed by atoms with Gasteiger partial charge in [0, 0.05) is 35.9 Å². The zero-order valence-corrected chi connectivity index (χ0v) is 20.5. The molecule has 0 spiro atoms. The van der Waals surface area contributed by atoms with Crippen molar-refractivity contribution < 1.29 is 14.4 Å². The van der Waals surface area contributed by atoms with E-state index in [1.54, 1.807) is 13.3 Å². The number of aromatic nitrogens is 1. The Morgan fingerprint density at radius 1 is 1.17 bits per heavy atom. The molecule has 1 aliphatic rings. The molecule has 1 atom stereocenters. The standard InChI is InChI=1S/C27H33N5O3/c1-18(2)16-24(35-22-12-7-19-13-14-29-26(28)23(19)17-22)27(33)30-20-8-10-21(11-9-20)32-15-5-4-6-25(32)31-34-3/h7-14,17-18,24H,4-6,15-16H2,1-3H3,(H2,28,29)(H,30,33). The zero-order valence-electron chi connectivity index (χ0n) is 20.5. The minimum absolute atomic E-state index is 0.190. The molecule has 0 saturated carbocycles. The van der Waals surface area contributed by atoms with E-state index in [4.69, 9.17) is 15.3 Å². The second kappa shape index (κ2) is 11.1. The molecule has 3 aromatic rings. The van der Waals surface area contributed by atoms with Gasteiger partial charge in [-0.3, -0.25) is 4.79 Å². The van der Waals surface area contributed by atoms with Gasteiger partial charge in [-0.25, -0.2) is 4.98 Å². The van der Waals surface area contributed by atoms with Crippen molar-refractivity contribution in [3.8, 4) is 5.75 Å². The highest BCUT2D eigenvalue weighted by molar-refractivity contribution is 5.99. The summed E-state index contributed by atoms with van der Waals surface area (Å²) in [5.74, 6) is 2.03. The number of fused-ring (bicyclic) bond motifs is 1. The summed E-state index contributed by atoms with van der Waals surface area (Å²) in [5.41, 5.74) is 7.76. The summed E-state index contributed by atoms with van der Waals surface area (Å²) in [6.45, 7) is 5.03. The van der Waals surface area contributed by atoms with Gasteiger partial charge in [0.15, 0.2) is 6.10 Å². The summed E-state index contributed by atoms with van der Waals surface area (Å²) in [7, 11) is 1.57. The van der Waals surface area contributed by atoms with E-state index in [0.717, 1.165) is 48.1 Å². The van der Waals surface area contributed by atoms with Crippen LogP contribution in [0.25, 0.3) is 10.8 Å². The van der Waals surface area contributed by atoms with Gasteiger partial charge in [-0.05, 0) is 73.0 Å². The molecule has 0 aliphatic carbocycles. The van der Waals surface area contributed by atoms with E-state index < -0.39 is 6.10 Å². The normalized spacial score (nSPS) is 15.9. The number of nitrogens with two attached hydrogens (primary N) is 1. The molecule has 1 unspecified atom stereocenters. The first-order chi connectivity index (χ1) is 16.9. The monoisotopic (exact) mass is 475 g/mol. The van der Waals surface area contributed by atoms with E-state index in [0.29, 0.717) is 23.7 Å². The third-order valence-corrected chi connectivity index (χ3v) is 6.01. The lowest BCUT2D eigenvalue weighted by atomic mass is 10.0. The summed E-state index contributed by atoms with van der Waals surface area (Å²) in [5, 5.41) is 8.96. The Labute approximate surface area is 206 Å². The largest absolute Gasteiger partial charge is 0.481 e. The van der Waals surface area contributed by atoms with Gasteiger partial charge in [-0.2, -0.15) is 0 Å². The third-order valence-electron chi connectivity index (χ3n) is 6.01. The highest BCUT2D eigenvalue weighted by Gasteiger charge is 2.23. The van der Waals surface area contributed by atoms with Gasteiger partial charge < -0.3 is 25.5 Å². The average Bonchev–Trinajstić information content (AvgIpc) is 2.85. The summed E-state index contributed by atoms with van der Waals surface area (Å²) in [6.07, 6.45) is 4.70. The topological polar surface area (TPSA) is 102 Å². The lowest BCUT2D eigenvalue weighted by Gasteiger charge is -2.29. The van der Waals surface area contributed by atoms with Crippen molar-refractivity contribution in [3.05, 3.63) is 54.7 Å². The van der Waals surface area contributed by atoms with Crippen LogP contribution in [0.2, 0.25) is 0 Å². The molecule has 3 N–H and O–H groups in total. The highest BCUT2D eigenvalue weighted by atomic mass is 16.6. The SMILES string of the molecule is CON=C1CCCCN1c1ccc(NC(=O)C(CC(C)C)Oc2ccc3ccnc(N)c3c2)cc1. The summed E-state index contributed by atoms with van der Waals surface area (Å²) >= 11 is 0. The van der Waals surface area contributed by atoms with Crippen LogP contribution >= 0.6 is 0 Å². The maximum absolute atomic E-state index is 13.2. The predicted octanol–water partition coefficient (Wildman–Crippen LogP) is 5.20.